The lowest BCUT2D eigenvalue weighted by atomic mass is 9.95. The molecule has 0 aromatic heterocycles. The second-order valence-corrected chi connectivity index (χ2v) is 7.18. The summed E-state index contributed by atoms with van der Waals surface area (Å²) in [5, 5.41) is 0.733. The first-order valence-corrected chi connectivity index (χ1v) is 7.99. The highest BCUT2D eigenvalue weighted by molar-refractivity contribution is 7.92. The molecule has 0 heterocycles. The molecule has 0 aliphatic heterocycles. The van der Waals surface area contributed by atoms with E-state index in [0.717, 1.165) is 22.6 Å². The summed E-state index contributed by atoms with van der Waals surface area (Å²) in [6.45, 7) is 3.27. The molecule has 1 unspecified atom stereocenters. The van der Waals surface area contributed by atoms with Crippen LogP contribution in [-0.4, -0.2) is 25.7 Å². The van der Waals surface area contributed by atoms with Gasteiger partial charge in [-0.2, -0.15) is 0 Å². The number of hydrogen-bond acceptors (Lipinski definition) is 3. The van der Waals surface area contributed by atoms with Gasteiger partial charge in [0.05, 0.1) is 0 Å². The van der Waals surface area contributed by atoms with Gasteiger partial charge in [-0.1, -0.05) is 36.4 Å². The monoisotopic (exact) mass is 276 g/mol. The van der Waals surface area contributed by atoms with Crippen LogP contribution in [0.4, 0.5) is 0 Å². The lowest BCUT2D eigenvalue weighted by Crippen LogP contribution is -2.27. The van der Waals surface area contributed by atoms with Crippen molar-refractivity contribution < 1.29 is 13.2 Å². The van der Waals surface area contributed by atoms with E-state index in [-0.39, 0.29) is 5.78 Å². The largest absolute Gasteiger partial charge is 0.293 e. The van der Waals surface area contributed by atoms with Gasteiger partial charge in [-0.3, -0.25) is 4.79 Å². The van der Waals surface area contributed by atoms with Crippen LogP contribution >= 0.6 is 0 Å². The molecular weight excluding hydrogens is 260 g/mol. The van der Waals surface area contributed by atoms with Crippen LogP contribution in [0.3, 0.4) is 0 Å². The molecular formula is C15H16O3S. The Morgan fingerprint density at radius 3 is 2.37 bits per heavy atom. The second-order valence-electron chi connectivity index (χ2n) is 4.81. The maximum absolute atomic E-state index is 12.4. The normalized spacial score (nSPS) is 13.4. The minimum absolute atomic E-state index is 0.336. The summed E-state index contributed by atoms with van der Waals surface area (Å²) in [6.07, 6.45) is 1.09. The third-order valence-corrected chi connectivity index (χ3v) is 4.89. The van der Waals surface area contributed by atoms with Crippen molar-refractivity contribution in [3.8, 4) is 0 Å². The number of aryl methyl sites for hydroxylation is 1. The number of rotatable bonds is 3. The lowest BCUT2D eigenvalue weighted by Gasteiger charge is -2.13. The Balaban J connectivity index is 2.69. The topological polar surface area (TPSA) is 51.2 Å². The van der Waals surface area contributed by atoms with E-state index in [4.69, 9.17) is 0 Å². The molecule has 2 aromatic carbocycles. The number of carbonyl (C=O) groups excluding carboxylic acids is 1. The maximum Gasteiger partial charge on any atom is 0.181 e. The minimum Gasteiger partial charge on any atom is -0.293 e. The van der Waals surface area contributed by atoms with Crippen molar-refractivity contribution in [2.24, 2.45) is 0 Å². The number of hydrogen-bond donors (Lipinski definition) is 0. The molecule has 2 rings (SSSR count). The minimum atomic E-state index is -3.39. The smallest absolute Gasteiger partial charge is 0.181 e. The fourth-order valence-electron chi connectivity index (χ4n) is 2.11. The zero-order chi connectivity index (χ0) is 14.2. The van der Waals surface area contributed by atoms with Crippen LogP contribution in [-0.2, 0) is 9.84 Å². The van der Waals surface area contributed by atoms with Gasteiger partial charge in [0.15, 0.2) is 15.6 Å². The van der Waals surface area contributed by atoms with Crippen LogP contribution in [0.15, 0.2) is 36.4 Å². The zero-order valence-corrected chi connectivity index (χ0v) is 12.0. The van der Waals surface area contributed by atoms with E-state index in [1.54, 1.807) is 0 Å². The number of Topliss-reactive ketones (excluding diaryl/α,β-unsaturated/α-hetero) is 1. The Labute approximate surface area is 113 Å². The van der Waals surface area contributed by atoms with Crippen molar-refractivity contribution in [1.29, 1.82) is 0 Å². The Morgan fingerprint density at radius 1 is 1.11 bits per heavy atom. The first-order valence-electron chi connectivity index (χ1n) is 6.04. The Hall–Kier alpha value is -1.68. The number of ketones is 1. The van der Waals surface area contributed by atoms with Gasteiger partial charge in [0, 0.05) is 11.8 Å². The average Bonchev–Trinajstić information content (AvgIpc) is 2.36. The molecule has 0 aliphatic carbocycles. The van der Waals surface area contributed by atoms with Gasteiger partial charge in [0.2, 0.25) is 0 Å². The van der Waals surface area contributed by atoms with E-state index in [1.165, 1.54) is 6.92 Å². The van der Waals surface area contributed by atoms with E-state index in [9.17, 15) is 13.2 Å². The molecule has 1 atom stereocenters. The van der Waals surface area contributed by atoms with Crippen molar-refractivity contribution in [2.45, 2.75) is 19.1 Å². The highest BCUT2D eigenvalue weighted by Gasteiger charge is 2.27. The molecule has 0 amide bonds. The first kappa shape index (κ1) is 13.7. The van der Waals surface area contributed by atoms with Gasteiger partial charge in [-0.25, -0.2) is 8.42 Å². The Bertz CT molecular complexity index is 745. The standard InChI is InChI=1S/C15H16O3S/c1-10-8-9-12-6-4-5-7-13(12)14(10)15(16)11(2)19(3,17)18/h4-9,11H,1-3H3. The Morgan fingerprint density at radius 2 is 1.74 bits per heavy atom. The van der Waals surface area contributed by atoms with Crippen molar-refractivity contribution in [2.75, 3.05) is 6.26 Å². The summed E-state index contributed by atoms with van der Waals surface area (Å²) >= 11 is 0. The Kier molecular flexibility index (Phi) is 3.45. The molecule has 0 saturated carbocycles. The summed E-state index contributed by atoms with van der Waals surface area (Å²) in [5.41, 5.74) is 1.32. The van der Waals surface area contributed by atoms with Gasteiger partial charge in [-0.15, -0.1) is 0 Å². The summed E-state index contributed by atoms with van der Waals surface area (Å²) in [6, 6.07) is 11.3. The van der Waals surface area contributed by atoms with E-state index in [1.807, 2.05) is 43.3 Å². The highest BCUT2D eigenvalue weighted by atomic mass is 32.2. The van der Waals surface area contributed by atoms with Crippen LogP contribution in [0, 0.1) is 6.92 Å². The van der Waals surface area contributed by atoms with Crippen molar-refractivity contribution in [3.63, 3.8) is 0 Å². The quantitative estimate of drug-likeness (QED) is 0.810. The molecule has 0 radical (unpaired) electrons. The third kappa shape index (κ3) is 2.54. The van der Waals surface area contributed by atoms with Crippen molar-refractivity contribution in [1.82, 2.24) is 0 Å². The molecule has 0 fully saturated rings. The van der Waals surface area contributed by atoms with Crippen LogP contribution in [0.5, 0.6) is 0 Å². The van der Waals surface area contributed by atoms with E-state index in [2.05, 4.69) is 0 Å². The first-order chi connectivity index (χ1) is 8.82. The van der Waals surface area contributed by atoms with Gasteiger partial charge in [-0.05, 0) is 30.2 Å². The van der Waals surface area contributed by atoms with Crippen LogP contribution in [0.25, 0.3) is 10.8 Å². The van der Waals surface area contributed by atoms with Gasteiger partial charge in [0.25, 0.3) is 0 Å². The van der Waals surface area contributed by atoms with E-state index < -0.39 is 15.1 Å². The molecule has 0 N–H and O–H groups in total. The second kappa shape index (κ2) is 4.78. The molecule has 2 aromatic rings. The van der Waals surface area contributed by atoms with Gasteiger partial charge < -0.3 is 0 Å². The SMILES string of the molecule is Cc1ccc2ccccc2c1C(=O)C(C)S(C)(=O)=O. The number of benzene rings is 2. The zero-order valence-electron chi connectivity index (χ0n) is 11.2. The van der Waals surface area contributed by atoms with E-state index in [0.29, 0.717) is 5.56 Å². The predicted molar refractivity (Wildman–Crippen MR) is 77.3 cm³/mol. The third-order valence-electron chi connectivity index (χ3n) is 3.40. The lowest BCUT2D eigenvalue weighted by molar-refractivity contribution is 0.0992. The van der Waals surface area contributed by atoms with Crippen molar-refractivity contribution in [3.05, 3.63) is 47.5 Å². The predicted octanol–water partition coefficient (Wildman–Crippen LogP) is 2.76. The summed E-state index contributed by atoms with van der Waals surface area (Å²) < 4.78 is 23.1. The fourth-order valence-corrected chi connectivity index (χ4v) is 2.61. The van der Waals surface area contributed by atoms with Crippen LogP contribution in [0.1, 0.15) is 22.8 Å². The molecule has 0 spiro atoms. The molecule has 0 aliphatic rings. The molecule has 19 heavy (non-hydrogen) atoms. The number of carbonyl (C=O) groups is 1. The molecule has 4 heteroatoms. The van der Waals surface area contributed by atoms with Crippen LogP contribution < -0.4 is 0 Å². The maximum atomic E-state index is 12.4. The van der Waals surface area contributed by atoms with Gasteiger partial charge in [0.1, 0.15) is 5.25 Å². The molecule has 0 saturated heterocycles. The van der Waals surface area contributed by atoms with Crippen molar-refractivity contribution >= 4 is 26.4 Å². The number of fused-ring (bicyclic) bond motifs is 1. The summed E-state index contributed by atoms with van der Waals surface area (Å²) in [4.78, 5) is 12.4. The fraction of sp³-hybridized carbons (Fsp3) is 0.267. The van der Waals surface area contributed by atoms with Crippen LogP contribution in [0.2, 0.25) is 0 Å². The van der Waals surface area contributed by atoms with E-state index >= 15 is 0 Å². The average molecular weight is 276 g/mol. The highest BCUT2D eigenvalue weighted by Crippen LogP contribution is 2.24. The summed E-state index contributed by atoms with van der Waals surface area (Å²) in [5.74, 6) is -0.336. The number of sulfone groups is 1. The van der Waals surface area contributed by atoms with Gasteiger partial charge >= 0.3 is 0 Å². The molecule has 100 valence electrons. The molecule has 0 bridgehead atoms. The summed E-state index contributed by atoms with van der Waals surface area (Å²) in [7, 11) is -3.39. The molecule has 3 nitrogen and oxygen atoms in total.